The van der Waals surface area contributed by atoms with Gasteiger partial charge in [0.25, 0.3) is 0 Å². The molecule has 2 unspecified atom stereocenters. The van der Waals surface area contributed by atoms with Crippen molar-refractivity contribution in [3.8, 4) is 0 Å². The van der Waals surface area contributed by atoms with Crippen LogP contribution in [0.5, 0.6) is 0 Å². The zero-order chi connectivity index (χ0) is 14.3. The number of ketones is 1. The minimum Gasteiger partial charge on any atom is -0.299 e. The van der Waals surface area contributed by atoms with Crippen LogP contribution in [-0.4, -0.2) is 29.7 Å². The fourth-order valence-corrected chi connectivity index (χ4v) is 5.97. The lowest BCUT2D eigenvalue weighted by Gasteiger charge is -2.26. The second kappa shape index (κ2) is 4.95. The first kappa shape index (κ1) is 13.7. The molecule has 108 valence electrons. The summed E-state index contributed by atoms with van der Waals surface area (Å²) in [4.78, 5) is 16.7. The predicted octanol–water partition coefficient (Wildman–Crippen LogP) is 1.86. The second-order valence-electron chi connectivity index (χ2n) is 5.99. The highest BCUT2D eigenvalue weighted by Crippen LogP contribution is 2.41. The lowest BCUT2D eigenvalue weighted by Crippen LogP contribution is -2.36. The van der Waals surface area contributed by atoms with E-state index in [9.17, 15) is 13.2 Å². The molecule has 20 heavy (non-hydrogen) atoms. The Morgan fingerprint density at radius 1 is 1.25 bits per heavy atom. The predicted molar refractivity (Wildman–Crippen MR) is 76.1 cm³/mol. The minimum atomic E-state index is -2.94. The minimum absolute atomic E-state index is 0.0988. The molecule has 1 aromatic heterocycles. The van der Waals surface area contributed by atoms with Gasteiger partial charge < -0.3 is 0 Å². The summed E-state index contributed by atoms with van der Waals surface area (Å²) in [6.45, 7) is 1.90. The van der Waals surface area contributed by atoms with Crippen LogP contribution in [0.2, 0.25) is 0 Å². The third-order valence-corrected chi connectivity index (χ3v) is 7.31. The van der Waals surface area contributed by atoms with Crippen LogP contribution in [0.1, 0.15) is 37.1 Å². The molecule has 0 aromatic carbocycles. The van der Waals surface area contributed by atoms with Crippen molar-refractivity contribution < 1.29 is 13.2 Å². The number of fused-ring (bicyclic) bond motifs is 2. The number of carbonyl (C=O) groups is 1. The van der Waals surface area contributed by atoms with Gasteiger partial charge in [-0.15, -0.1) is 0 Å². The van der Waals surface area contributed by atoms with Gasteiger partial charge in [0.1, 0.15) is 5.78 Å². The van der Waals surface area contributed by atoms with Crippen molar-refractivity contribution in [2.45, 2.75) is 49.5 Å². The largest absolute Gasteiger partial charge is 0.299 e. The molecule has 2 bridgehead atoms. The molecule has 0 N–H and O–H groups in total. The van der Waals surface area contributed by atoms with Crippen molar-refractivity contribution in [1.82, 2.24) is 4.98 Å². The number of rotatable bonds is 3. The number of aryl methyl sites for hydroxylation is 1. The molecule has 0 radical (unpaired) electrons. The summed E-state index contributed by atoms with van der Waals surface area (Å²) in [7, 11) is -2.94. The first-order valence-electron chi connectivity index (χ1n) is 7.15. The maximum atomic E-state index is 12.4. The van der Waals surface area contributed by atoms with Crippen molar-refractivity contribution in [2.24, 2.45) is 5.92 Å². The Morgan fingerprint density at radius 3 is 2.50 bits per heavy atom. The van der Waals surface area contributed by atoms with E-state index < -0.39 is 9.84 Å². The smallest absolute Gasteiger partial charge is 0.156 e. The van der Waals surface area contributed by atoms with Gasteiger partial charge in [-0.2, -0.15) is 0 Å². The zero-order valence-corrected chi connectivity index (χ0v) is 12.4. The maximum Gasteiger partial charge on any atom is 0.156 e. The molecule has 0 amide bonds. The third kappa shape index (κ3) is 2.39. The molecule has 4 nitrogen and oxygen atoms in total. The number of Topliss-reactive ketones (excluding diaryl/α,β-unsaturated/α-hetero) is 1. The van der Waals surface area contributed by atoms with Crippen molar-refractivity contribution in [3.63, 3.8) is 0 Å². The summed E-state index contributed by atoms with van der Waals surface area (Å²) in [5.41, 5.74) is 1.69. The summed E-state index contributed by atoms with van der Waals surface area (Å²) in [6.07, 6.45) is 2.83. The molecule has 5 heteroatoms. The van der Waals surface area contributed by atoms with E-state index in [1.165, 1.54) is 0 Å². The number of hydrogen-bond acceptors (Lipinski definition) is 4. The van der Waals surface area contributed by atoms with Gasteiger partial charge in [0.05, 0.1) is 10.5 Å². The van der Waals surface area contributed by atoms with Crippen molar-refractivity contribution in [3.05, 3.63) is 29.6 Å². The van der Waals surface area contributed by atoms with Gasteiger partial charge in [0, 0.05) is 23.7 Å². The van der Waals surface area contributed by atoms with Gasteiger partial charge in [-0.05, 0) is 44.7 Å². The molecule has 2 saturated heterocycles. The average molecular weight is 293 g/mol. The number of nitrogens with zero attached hydrogens (tertiary/aromatic N) is 1. The first-order chi connectivity index (χ1) is 9.46. The van der Waals surface area contributed by atoms with Gasteiger partial charge in [0.15, 0.2) is 9.84 Å². The highest BCUT2D eigenvalue weighted by molar-refractivity contribution is 7.93. The Hall–Kier alpha value is -1.23. The molecular weight excluding hydrogens is 274 g/mol. The van der Waals surface area contributed by atoms with E-state index in [0.717, 1.165) is 24.2 Å². The molecule has 2 fully saturated rings. The van der Waals surface area contributed by atoms with Crippen molar-refractivity contribution in [1.29, 1.82) is 0 Å². The number of hydrogen-bond donors (Lipinski definition) is 0. The number of carbonyl (C=O) groups excluding carboxylic acids is 1. The van der Waals surface area contributed by atoms with E-state index in [1.54, 1.807) is 0 Å². The zero-order valence-electron chi connectivity index (χ0n) is 11.6. The summed E-state index contributed by atoms with van der Waals surface area (Å²) < 4.78 is 24.0. The number of aromatic nitrogens is 1. The molecular formula is C15H19NO3S. The Kier molecular flexibility index (Phi) is 3.40. The quantitative estimate of drug-likeness (QED) is 0.853. The molecule has 2 aliphatic heterocycles. The monoisotopic (exact) mass is 293 g/mol. The average Bonchev–Trinajstić information content (AvgIpc) is 2.58. The molecule has 0 spiro atoms. The summed E-state index contributed by atoms with van der Waals surface area (Å²) >= 11 is 0. The fourth-order valence-electron chi connectivity index (χ4n) is 3.49. The van der Waals surface area contributed by atoms with E-state index in [1.807, 2.05) is 25.1 Å². The van der Waals surface area contributed by atoms with Crippen LogP contribution < -0.4 is 0 Å². The highest BCUT2D eigenvalue weighted by atomic mass is 32.2. The van der Waals surface area contributed by atoms with E-state index in [0.29, 0.717) is 19.3 Å². The third-order valence-electron chi connectivity index (χ3n) is 4.59. The van der Waals surface area contributed by atoms with E-state index >= 15 is 0 Å². The summed E-state index contributed by atoms with van der Waals surface area (Å²) in [5.74, 6) is 0.0493. The molecule has 3 heterocycles. The molecule has 1 aromatic rings. The van der Waals surface area contributed by atoms with Crippen LogP contribution >= 0.6 is 0 Å². The lowest BCUT2D eigenvalue weighted by atomic mass is 9.92. The number of pyridine rings is 1. The van der Waals surface area contributed by atoms with Crippen LogP contribution in [0.4, 0.5) is 0 Å². The molecule has 0 aliphatic carbocycles. The molecule has 2 aliphatic rings. The van der Waals surface area contributed by atoms with E-state index in [-0.39, 0.29) is 22.2 Å². The standard InChI is InChI=1S/C15H19NO3S/c1-10-3-2-4-12(16-10)9-15(17)11-7-13-5-6-14(8-11)20(13,18)19/h2-4,11,13-14H,5-9H2,1H3. The van der Waals surface area contributed by atoms with E-state index in [2.05, 4.69) is 4.98 Å². The van der Waals surface area contributed by atoms with Crippen LogP contribution in [0.15, 0.2) is 18.2 Å². The SMILES string of the molecule is Cc1cccc(CC(=O)C2CC3CCC(C2)S3(=O)=O)n1. The summed E-state index contributed by atoms with van der Waals surface area (Å²) in [6, 6.07) is 5.67. The van der Waals surface area contributed by atoms with Crippen molar-refractivity contribution in [2.75, 3.05) is 0 Å². The topological polar surface area (TPSA) is 64.1 Å². The second-order valence-corrected chi connectivity index (χ2v) is 8.50. The Labute approximate surface area is 119 Å². The Balaban J connectivity index is 1.71. The van der Waals surface area contributed by atoms with Gasteiger partial charge in [0.2, 0.25) is 0 Å². The molecule has 3 rings (SSSR count). The van der Waals surface area contributed by atoms with Gasteiger partial charge in [-0.3, -0.25) is 9.78 Å². The van der Waals surface area contributed by atoms with Crippen LogP contribution in [0, 0.1) is 12.8 Å². The van der Waals surface area contributed by atoms with Crippen LogP contribution in [-0.2, 0) is 21.1 Å². The normalized spacial score (nSPS) is 31.1. The Morgan fingerprint density at radius 2 is 1.90 bits per heavy atom. The fraction of sp³-hybridized carbons (Fsp3) is 0.600. The first-order valence-corrected chi connectivity index (χ1v) is 8.75. The maximum absolute atomic E-state index is 12.4. The lowest BCUT2D eigenvalue weighted by molar-refractivity contribution is -0.122. The van der Waals surface area contributed by atoms with Crippen LogP contribution in [0.3, 0.4) is 0 Å². The molecule has 2 atom stereocenters. The van der Waals surface area contributed by atoms with E-state index in [4.69, 9.17) is 0 Å². The summed E-state index contributed by atoms with van der Waals surface area (Å²) in [5, 5.41) is -0.554. The Bertz CT molecular complexity index is 618. The molecule has 0 saturated carbocycles. The number of sulfone groups is 1. The van der Waals surface area contributed by atoms with Gasteiger partial charge in [-0.1, -0.05) is 6.07 Å². The van der Waals surface area contributed by atoms with Crippen LogP contribution in [0.25, 0.3) is 0 Å². The van der Waals surface area contributed by atoms with Gasteiger partial charge >= 0.3 is 0 Å². The highest BCUT2D eigenvalue weighted by Gasteiger charge is 2.48. The van der Waals surface area contributed by atoms with Gasteiger partial charge in [-0.25, -0.2) is 8.42 Å². The van der Waals surface area contributed by atoms with Crippen molar-refractivity contribution >= 4 is 15.6 Å².